The van der Waals surface area contributed by atoms with E-state index in [0.717, 1.165) is 23.4 Å². The summed E-state index contributed by atoms with van der Waals surface area (Å²) in [5, 5.41) is 18.6. The highest BCUT2D eigenvalue weighted by Crippen LogP contribution is 2.53. The lowest BCUT2D eigenvalue weighted by atomic mass is 9.64. The van der Waals surface area contributed by atoms with Crippen LogP contribution in [0.1, 0.15) is 68.3 Å². The van der Waals surface area contributed by atoms with Gasteiger partial charge in [-0.25, -0.2) is 4.68 Å². The first-order chi connectivity index (χ1) is 17.7. The number of likely N-dealkylation sites (N-methyl/N-ethyl adjacent to an activating group) is 1. The molecule has 2 aromatic carbocycles. The largest absolute Gasteiger partial charge is 0.851 e. The molecule has 1 aromatic heterocycles. The standard InChI is InChI=1S/C30H35N3O3.Al/c1-7-17(2)19-13-14-23-22(15-19)30(4,5)24(32(23)6)16-21-27(34)26(28(21)35)25-18(3)31-33(29(25)36)20-11-9-8-10-12-20;/h8-17,21,26-28,36H,7H2,1-6H3;/q-2;+2/p-1/b24-16-;. The summed E-state index contributed by atoms with van der Waals surface area (Å²) in [7, 11) is 2.12. The van der Waals surface area contributed by atoms with Crippen LogP contribution in [0.2, 0.25) is 0 Å². The molecule has 2 aliphatic heterocycles. The van der Waals surface area contributed by atoms with Gasteiger partial charge in [0, 0.05) is 41.4 Å². The van der Waals surface area contributed by atoms with E-state index >= 15 is 0 Å². The zero-order valence-corrected chi connectivity index (χ0v) is 23.6. The van der Waals surface area contributed by atoms with Crippen LogP contribution in [0.25, 0.3) is 5.69 Å². The summed E-state index contributed by atoms with van der Waals surface area (Å²) in [4.78, 5) is 2.26. The molecule has 0 amide bonds. The molecule has 1 fully saturated rings. The zero-order valence-electron chi connectivity index (χ0n) is 22.4. The zero-order chi connectivity index (χ0) is 26.1. The van der Waals surface area contributed by atoms with Gasteiger partial charge in [0.25, 0.3) is 0 Å². The molecule has 0 N–H and O–H groups in total. The second kappa shape index (κ2) is 9.03. The Bertz CT molecular complexity index is 1370. The average molecular weight is 512 g/mol. The van der Waals surface area contributed by atoms with E-state index in [9.17, 15) is 5.11 Å². The second-order valence-electron chi connectivity index (χ2n) is 11.3. The number of allylic oxidation sites excluding steroid dienone is 1. The molecular weight excluding hydrogens is 477 g/mol. The Hall–Kier alpha value is -2.56. The van der Waals surface area contributed by atoms with Gasteiger partial charge in [-0.2, -0.15) is 5.10 Å². The number of para-hydroxylation sites is 1. The number of fused-ring (bicyclic) bond motifs is 4. The summed E-state index contributed by atoms with van der Waals surface area (Å²) in [5.74, 6) is 0.709. The number of nitrogens with zero attached hydrogens (tertiary/aromatic N) is 3. The Morgan fingerprint density at radius 3 is 2.68 bits per heavy atom. The lowest BCUT2D eigenvalue weighted by molar-refractivity contribution is -0.466. The predicted octanol–water partition coefficient (Wildman–Crippen LogP) is 4.76. The van der Waals surface area contributed by atoms with Gasteiger partial charge in [0.15, 0.2) is 5.88 Å². The monoisotopic (exact) mass is 511 g/mol. The smallest absolute Gasteiger partial charge is 0.775 e. The van der Waals surface area contributed by atoms with E-state index in [1.54, 1.807) is 0 Å². The third kappa shape index (κ3) is 3.71. The molecular formula is C30H34AlN3O3-. The molecule has 6 rings (SSSR count). The van der Waals surface area contributed by atoms with Crippen LogP contribution in [0.15, 0.2) is 60.3 Å². The number of aromatic nitrogens is 2. The summed E-state index contributed by atoms with van der Waals surface area (Å²) in [5.41, 5.74) is 7.59. The van der Waals surface area contributed by atoms with Crippen LogP contribution in [0.3, 0.4) is 0 Å². The average Bonchev–Trinajstić information content (AvgIpc) is 3.22. The van der Waals surface area contributed by atoms with E-state index in [2.05, 4.69) is 63.9 Å². The quantitative estimate of drug-likeness (QED) is 0.473. The molecule has 3 heterocycles. The first-order valence-corrected chi connectivity index (χ1v) is 14.2. The molecule has 0 spiro atoms. The lowest BCUT2D eigenvalue weighted by Gasteiger charge is -2.55. The van der Waals surface area contributed by atoms with Gasteiger partial charge in [0.2, 0.25) is 0 Å². The Morgan fingerprint density at radius 1 is 1.19 bits per heavy atom. The number of benzene rings is 2. The highest BCUT2D eigenvalue weighted by Gasteiger charge is 2.50. The van der Waals surface area contributed by atoms with Crippen LogP contribution < -0.4 is 13.8 Å². The summed E-state index contributed by atoms with van der Waals surface area (Å²) in [6.45, 7) is 11.0. The number of rotatable bonds is 4. The maximum Gasteiger partial charge on any atom is 0.775 e. The maximum absolute atomic E-state index is 13.8. The van der Waals surface area contributed by atoms with Crippen LogP contribution in [-0.2, 0) is 9.20 Å². The topological polar surface area (TPSA) is 62.6 Å². The van der Waals surface area contributed by atoms with Gasteiger partial charge in [0.05, 0.1) is 11.4 Å². The van der Waals surface area contributed by atoms with Gasteiger partial charge in [0.1, 0.15) is 0 Å². The molecule has 1 radical (unpaired) electrons. The summed E-state index contributed by atoms with van der Waals surface area (Å²) in [6, 6.07) is 16.8. The van der Waals surface area contributed by atoms with E-state index in [0.29, 0.717) is 11.8 Å². The molecule has 191 valence electrons. The molecule has 5 atom stereocenters. The van der Waals surface area contributed by atoms with Crippen molar-refractivity contribution >= 4 is 21.6 Å². The fourth-order valence-electron chi connectivity index (χ4n) is 6.38. The Morgan fingerprint density at radius 2 is 1.95 bits per heavy atom. The van der Waals surface area contributed by atoms with E-state index in [1.165, 1.54) is 22.5 Å². The number of hydrogen-bond donors (Lipinski definition) is 0. The van der Waals surface area contributed by atoms with Crippen molar-refractivity contribution in [3.8, 4) is 11.6 Å². The van der Waals surface area contributed by atoms with Gasteiger partial charge >= 0.3 is 15.9 Å². The second-order valence-corrected chi connectivity index (χ2v) is 12.0. The minimum absolute atomic E-state index is 0.189. The van der Waals surface area contributed by atoms with Crippen molar-refractivity contribution in [1.82, 2.24) is 9.78 Å². The van der Waals surface area contributed by atoms with Crippen molar-refractivity contribution < 1.29 is 12.7 Å². The van der Waals surface area contributed by atoms with E-state index in [4.69, 9.17) is 12.7 Å². The third-order valence-electron chi connectivity index (χ3n) is 8.82. The van der Waals surface area contributed by atoms with E-state index < -0.39 is 22.0 Å². The Labute approximate surface area is 226 Å². The van der Waals surface area contributed by atoms with Crippen molar-refractivity contribution in [2.45, 2.75) is 70.5 Å². The molecule has 7 heteroatoms. The Balaban J connectivity index is 1.34. The van der Waals surface area contributed by atoms with Crippen LogP contribution in [0.4, 0.5) is 5.69 Å². The number of anilines is 1. The molecule has 37 heavy (non-hydrogen) atoms. The van der Waals surface area contributed by atoms with Gasteiger partial charge < -0.3 is 17.6 Å². The highest BCUT2D eigenvalue weighted by molar-refractivity contribution is 6.19. The molecule has 6 nitrogen and oxygen atoms in total. The maximum atomic E-state index is 13.8. The van der Waals surface area contributed by atoms with Crippen molar-refractivity contribution in [1.29, 1.82) is 0 Å². The van der Waals surface area contributed by atoms with Crippen molar-refractivity contribution in [2.24, 2.45) is 5.92 Å². The molecule has 1 aliphatic carbocycles. The normalized spacial score (nSPS) is 27.3. The number of hydrogen-bond acceptors (Lipinski definition) is 5. The van der Waals surface area contributed by atoms with Crippen LogP contribution in [-0.4, -0.2) is 44.9 Å². The Kier molecular flexibility index (Phi) is 6.04. The first kappa shape index (κ1) is 24.8. The van der Waals surface area contributed by atoms with Gasteiger partial charge in [-0.15, -0.1) is 6.10 Å². The summed E-state index contributed by atoms with van der Waals surface area (Å²) >= 11 is -0.746. The van der Waals surface area contributed by atoms with Crippen LogP contribution in [0, 0.1) is 12.8 Å². The lowest BCUT2D eigenvalue weighted by Crippen LogP contribution is -2.60. The predicted molar refractivity (Wildman–Crippen MR) is 144 cm³/mol. The molecule has 3 aliphatic rings. The molecule has 0 saturated heterocycles. The molecule has 3 aromatic rings. The van der Waals surface area contributed by atoms with Gasteiger partial charge in [-0.3, -0.25) is 0 Å². The molecule has 5 unspecified atom stereocenters. The van der Waals surface area contributed by atoms with Crippen LogP contribution >= 0.6 is 0 Å². The van der Waals surface area contributed by atoms with Crippen LogP contribution in [0.5, 0.6) is 5.88 Å². The van der Waals surface area contributed by atoms with Gasteiger partial charge in [-0.1, -0.05) is 64.1 Å². The number of aryl methyl sites for hydroxylation is 1. The molecule has 0 bridgehead atoms. The fraction of sp³-hybridized carbons (Fsp3) is 0.433. The highest BCUT2D eigenvalue weighted by atomic mass is 27.2. The van der Waals surface area contributed by atoms with Crippen molar-refractivity contribution in [3.05, 3.63) is 82.7 Å². The third-order valence-corrected chi connectivity index (χ3v) is 9.57. The SMILES string of the molecule is CCC(C)c1ccc2c(c1)C(C)(C)/C(=C/C1C([O-])C3c4c(C)nn(-c5ccccc5)c4[O][Al][O]C13)N2C. The van der Waals surface area contributed by atoms with Crippen molar-refractivity contribution in [3.63, 3.8) is 0 Å². The summed E-state index contributed by atoms with van der Waals surface area (Å²) < 4.78 is 14.3. The fourth-order valence-corrected chi connectivity index (χ4v) is 7.23. The minimum Gasteiger partial charge on any atom is -0.851 e. The van der Waals surface area contributed by atoms with Crippen molar-refractivity contribution in [2.75, 3.05) is 11.9 Å². The molecule has 1 saturated carbocycles. The van der Waals surface area contributed by atoms with E-state index in [-0.39, 0.29) is 23.4 Å². The summed E-state index contributed by atoms with van der Waals surface area (Å²) in [6.07, 6.45) is 2.31. The first-order valence-electron chi connectivity index (χ1n) is 13.3. The minimum atomic E-state index is -0.812. The van der Waals surface area contributed by atoms with E-state index in [1.807, 2.05) is 41.9 Å². The van der Waals surface area contributed by atoms with Gasteiger partial charge in [-0.05, 0) is 54.5 Å².